The van der Waals surface area contributed by atoms with Crippen LogP contribution in [0.4, 0.5) is 0 Å². The van der Waals surface area contributed by atoms with Crippen LogP contribution in [0.1, 0.15) is 26.3 Å². The van der Waals surface area contributed by atoms with E-state index in [0.717, 1.165) is 11.3 Å². The van der Waals surface area contributed by atoms with Crippen molar-refractivity contribution < 1.29 is 19.1 Å². The lowest BCUT2D eigenvalue weighted by molar-refractivity contribution is -0.133. The minimum Gasteiger partial charge on any atom is -0.497 e. The number of nitrogens with one attached hydrogen (secondary N) is 2. The number of amides is 3. The minimum atomic E-state index is -0.743. The summed E-state index contributed by atoms with van der Waals surface area (Å²) in [6, 6.07) is 6.48. The van der Waals surface area contributed by atoms with Crippen LogP contribution in [0.15, 0.2) is 30.3 Å². The van der Waals surface area contributed by atoms with Crippen LogP contribution in [0.3, 0.4) is 0 Å². The highest BCUT2D eigenvalue weighted by atomic mass is 16.5. The van der Waals surface area contributed by atoms with Crippen molar-refractivity contribution in [2.45, 2.75) is 26.8 Å². The van der Waals surface area contributed by atoms with Crippen LogP contribution in [0.2, 0.25) is 0 Å². The van der Waals surface area contributed by atoms with Gasteiger partial charge in [0, 0.05) is 19.2 Å². The lowest BCUT2D eigenvalue weighted by Gasteiger charge is -2.19. The monoisotopic (exact) mass is 361 g/mol. The molecule has 0 bridgehead atoms. The van der Waals surface area contributed by atoms with E-state index in [-0.39, 0.29) is 12.5 Å². The topological polar surface area (TPSA) is 87.7 Å². The molecule has 0 aromatic heterocycles. The zero-order chi connectivity index (χ0) is 19.5. The number of methoxy groups -OCH3 is 1. The molecule has 1 unspecified atom stereocenters. The summed E-state index contributed by atoms with van der Waals surface area (Å²) in [7, 11) is 1.58. The van der Waals surface area contributed by atoms with Gasteiger partial charge in [0.15, 0.2) is 0 Å². The fraction of sp³-hybridized carbons (Fsp3) is 0.421. The molecule has 0 spiro atoms. The summed E-state index contributed by atoms with van der Waals surface area (Å²) in [5, 5.41) is 5.11. The second kappa shape index (κ2) is 10.9. The number of ether oxygens (including phenoxy) is 1. The van der Waals surface area contributed by atoms with Crippen LogP contribution < -0.4 is 15.4 Å². The van der Waals surface area contributed by atoms with E-state index < -0.39 is 17.9 Å². The zero-order valence-corrected chi connectivity index (χ0v) is 15.7. The van der Waals surface area contributed by atoms with Gasteiger partial charge in [0.25, 0.3) is 0 Å². The summed E-state index contributed by atoms with van der Waals surface area (Å²) in [5.41, 5.74) is 0.836. The lowest BCUT2D eigenvalue weighted by atomic mass is 10.2. The summed E-state index contributed by atoms with van der Waals surface area (Å²) >= 11 is 0. The smallest absolute Gasteiger partial charge is 0.244 e. The van der Waals surface area contributed by atoms with Crippen LogP contribution in [0.25, 0.3) is 6.08 Å². The van der Waals surface area contributed by atoms with Gasteiger partial charge in [-0.25, -0.2) is 0 Å². The SMILES string of the molecule is CCN(CC)C(=O)CNC(=O)C(C)NC(=O)/C=C/c1ccc(OC)cc1. The Labute approximate surface area is 154 Å². The molecule has 0 saturated heterocycles. The molecule has 3 amide bonds. The molecule has 26 heavy (non-hydrogen) atoms. The van der Waals surface area contributed by atoms with Gasteiger partial charge in [-0.1, -0.05) is 12.1 Å². The largest absolute Gasteiger partial charge is 0.497 e. The molecule has 142 valence electrons. The highest BCUT2D eigenvalue weighted by Gasteiger charge is 2.16. The fourth-order valence-corrected chi connectivity index (χ4v) is 2.22. The predicted molar refractivity (Wildman–Crippen MR) is 101 cm³/mol. The highest BCUT2D eigenvalue weighted by molar-refractivity contribution is 5.96. The number of likely N-dealkylation sites (N-methyl/N-ethyl adjacent to an activating group) is 1. The Morgan fingerprint density at radius 2 is 1.77 bits per heavy atom. The molecule has 2 N–H and O–H groups in total. The van der Waals surface area contributed by atoms with E-state index in [1.165, 1.54) is 6.08 Å². The molecule has 0 fully saturated rings. The molecular weight excluding hydrogens is 334 g/mol. The van der Waals surface area contributed by atoms with E-state index in [2.05, 4.69) is 10.6 Å². The molecule has 1 rings (SSSR count). The van der Waals surface area contributed by atoms with E-state index in [0.29, 0.717) is 13.1 Å². The van der Waals surface area contributed by atoms with Gasteiger partial charge in [-0.2, -0.15) is 0 Å². The normalized spacial score (nSPS) is 11.7. The molecule has 0 aliphatic heterocycles. The van der Waals surface area contributed by atoms with Gasteiger partial charge < -0.3 is 20.3 Å². The maximum absolute atomic E-state index is 12.0. The van der Waals surface area contributed by atoms with E-state index in [4.69, 9.17) is 4.74 Å². The summed E-state index contributed by atoms with van der Waals surface area (Å²) in [6.45, 7) is 6.42. The Hall–Kier alpha value is -2.83. The number of nitrogens with zero attached hydrogens (tertiary/aromatic N) is 1. The van der Waals surface area contributed by atoms with Gasteiger partial charge in [-0.05, 0) is 44.5 Å². The molecular formula is C19H27N3O4. The summed E-state index contributed by atoms with van der Waals surface area (Å²) in [5.74, 6) is -0.215. The van der Waals surface area contributed by atoms with Gasteiger partial charge in [-0.3, -0.25) is 14.4 Å². The van der Waals surface area contributed by atoms with Crippen molar-refractivity contribution in [1.29, 1.82) is 0 Å². The van der Waals surface area contributed by atoms with Crippen LogP contribution in [0, 0.1) is 0 Å². The first-order chi connectivity index (χ1) is 12.4. The third kappa shape index (κ3) is 6.96. The summed E-state index contributed by atoms with van der Waals surface area (Å²) < 4.78 is 5.07. The number of benzene rings is 1. The fourth-order valence-electron chi connectivity index (χ4n) is 2.22. The first-order valence-electron chi connectivity index (χ1n) is 8.59. The number of rotatable bonds is 9. The third-order valence-corrected chi connectivity index (χ3v) is 3.83. The van der Waals surface area contributed by atoms with Crippen molar-refractivity contribution in [2.75, 3.05) is 26.7 Å². The van der Waals surface area contributed by atoms with Gasteiger partial charge in [0.05, 0.1) is 13.7 Å². The van der Waals surface area contributed by atoms with Gasteiger partial charge in [-0.15, -0.1) is 0 Å². The van der Waals surface area contributed by atoms with Crippen LogP contribution in [0.5, 0.6) is 5.75 Å². The minimum absolute atomic E-state index is 0.0809. The Morgan fingerprint density at radius 3 is 2.31 bits per heavy atom. The van der Waals surface area contributed by atoms with Crippen molar-refractivity contribution in [2.24, 2.45) is 0 Å². The number of carbonyl (C=O) groups excluding carboxylic acids is 3. The van der Waals surface area contributed by atoms with Crippen molar-refractivity contribution in [3.63, 3.8) is 0 Å². The molecule has 1 aromatic carbocycles. The maximum Gasteiger partial charge on any atom is 0.244 e. The van der Waals surface area contributed by atoms with E-state index >= 15 is 0 Å². The van der Waals surface area contributed by atoms with Crippen LogP contribution in [-0.2, 0) is 14.4 Å². The zero-order valence-electron chi connectivity index (χ0n) is 15.7. The molecule has 1 aromatic rings. The average molecular weight is 361 g/mol. The quantitative estimate of drug-likeness (QED) is 0.647. The van der Waals surface area contributed by atoms with E-state index in [1.807, 2.05) is 26.0 Å². The van der Waals surface area contributed by atoms with Crippen molar-refractivity contribution in [1.82, 2.24) is 15.5 Å². The second-order valence-corrected chi connectivity index (χ2v) is 5.62. The second-order valence-electron chi connectivity index (χ2n) is 5.62. The van der Waals surface area contributed by atoms with Crippen LogP contribution in [-0.4, -0.2) is 55.4 Å². The lowest BCUT2D eigenvalue weighted by Crippen LogP contribution is -2.47. The molecule has 0 heterocycles. The first-order valence-corrected chi connectivity index (χ1v) is 8.59. The Balaban J connectivity index is 2.45. The molecule has 0 aliphatic rings. The average Bonchev–Trinajstić information content (AvgIpc) is 2.65. The van der Waals surface area contributed by atoms with Crippen LogP contribution >= 0.6 is 0 Å². The van der Waals surface area contributed by atoms with Crippen molar-refractivity contribution in [3.8, 4) is 5.75 Å². The highest BCUT2D eigenvalue weighted by Crippen LogP contribution is 2.12. The van der Waals surface area contributed by atoms with Gasteiger partial charge in [0.1, 0.15) is 11.8 Å². The predicted octanol–water partition coefficient (Wildman–Crippen LogP) is 1.20. The number of carbonyl (C=O) groups is 3. The Bertz CT molecular complexity index is 637. The number of hydrogen-bond donors (Lipinski definition) is 2. The van der Waals surface area contributed by atoms with Gasteiger partial charge >= 0.3 is 0 Å². The molecule has 0 radical (unpaired) electrons. The molecule has 0 aliphatic carbocycles. The standard InChI is InChI=1S/C19H27N3O4/c1-5-22(6-2)18(24)13-20-19(25)14(3)21-17(23)12-9-15-7-10-16(26-4)11-8-15/h7-12,14H,5-6,13H2,1-4H3,(H,20,25)(H,21,23)/b12-9+. The first kappa shape index (κ1) is 21.2. The maximum atomic E-state index is 12.0. The van der Waals surface area contributed by atoms with E-state index in [9.17, 15) is 14.4 Å². The summed E-state index contributed by atoms with van der Waals surface area (Å²) in [6.07, 6.45) is 3.00. The third-order valence-electron chi connectivity index (χ3n) is 3.83. The Kier molecular flexibility index (Phi) is 8.91. The van der Waals surface area contributed by atoms with E-state index in [1.54, 1.807) is 37.1 Å². The van der Waals surface area contributed by atoms with Gasteiger partial charge in [0.2, 0.25) is 17.7 Å². The summed E-state index contributed by atoms with van der Waals surface area (Å²) in [4.78, 5) is 37.4. The van der Waals surface area contributed by atoms with Crippen molar-refractivity contribution in [3.05, 3.63) is 35.9 Å². The molecule has 0 saturated carbocycles. The molecule has 1 atom stereocenters. The molecule has 7 nitrogen and oxygen atoms in total. The number of hydrogen-bond acceptors (Lipinski definition) is 4. The Morgan fingerprint density at radius 1 is 1.15 bits per heavy atom. The van der Waals surface area contributed by atoms with Crippen molar-refractivity contribution >= 4 is 23.8 Å². The molecule has 7 heteroatoms.